The van der Waals surface area contributed by atoms with Crippen molar-refractivity contribution in [2.24, 2.45) is 0 Å². The third kappa shape index (κ3) is 3.79. The van der Waals surface area contributed by atoms with E-state index in [9.17, 15) is 9.90 Å². The molecule has 1 heterocycles. The van der Waals surface area contributed by atoms with E-state index in [4.69, 9.17) is 9.84 Å². The topological polar surface area (TPSA) is 70.0 Å². The number of carboxylic acids is 1. The van der Waals surface area contributed by atoms with E-state index in [0.29, 0.717) is 26.1 Å². The van der Waals surface area contributed by atoms with E-state index in [1.807, 2.05) is 36.1 Å². The second-order valence-corrected chi connectivity index (χ2v) is 5.46. The molecule has 1 fully saturated rings. The smallest absolute Gasteiger partial charge is 0.317 e. The zero-order valence-corrected chi connectivity index (χ0v) is 11.7. The van der Waals surface area contributed by atoms with Gasteiger partial charge in [0.15, 0.2) is 0 Å². The van der Waals surface area contributed by atoms with Crippen LogP contribution in [0.1, 0.15) is 11.1 Å². The Morgan fingerprint density at radius 1 is 1.40 bits per heavy atom. The van der Waals surface area contributed by atoms with Crippen molar-refractivity contribution >= 4 is 5.97 Å². The molecule has 0 unspecified atom stereocenters. The Labute approximate surface area is 118 Å². The Hall–Kier alpha value is -1.43. The Morgan fingerprint density at radius 2 is 2.10 bits per heavy atom. The number of hydrogen-bond donors (Lipinski definition) is 2. The molecule has 20 heavy (non-hydrogen) atoms. The number of carbonyl (C=O) groups is 1. The van der Waals surface area contributed by atoms with Gasteiger partial charge >= 0.3 is 5.97 Å². The summed E-state index contributed by atoms with van der Waals surface area (Å²) in [6, 6.07) is 8.09. The zero-order valence-electron chi connectivity index (χ0n) is 11.7. The number of hydrogen-bond acceptors (Lipinski definition) is 4. The van der Waals surface area contributed by atoms with Crippen molar-refractivity contribution in [2.75, 3.05) is 32.8 Å². The van der Waals surface area contributed by atoms with Gasteiger partial charge in [0.05, 0.1) is 19.8 Å². The number of aryl methyl sites for hydroxylation is 1. The van der Waals surface area contributed by atoms with Gasteiger partial charge in [0.1, 0.15) is 5.60 Å². The summed E-state index contributed by atoms with van der Waals surface area (Å²) in [4.78, 5) is 12.6. The first kappa shape index (κ1) is 15.0. The van der Waals surface area contributed by atoms with Crippen molar-refractivity contribution in [1.29, 1.82) is 0 Å². The first-order valence-electron chi connectivity index (χ1n) is 6.77. The van der Waals surface area contributed by atoms with Crippen molar-refractivity contribution in [3.05, 3.63) is 35.4 Å². The predicted molar refractivity (Wildman–Crippen MR) is 74.7 cm³/mol. The third-order valence-electron chi connectivity index (χ3n) is 3.62. The van der Waals surface area contributed by atoms with Gasteiger partial charge in [0.25, 0.3) is 0 Å². The van der Waals surface area contributed by atoms with Crippen LogP contribution in [-0.4, -0.2) is 59.5 Å². The quantitative estimate of drug-likeness (QED) is 0.829. The highest BCUT2D eigenvalue weighted by atomic mass is 16.5. The van der Waals surface area contributed by atoms with Crippen molar-refractivity contribution in [2.45, 2.75) is 18.9 Å². The molecule has 0 bridgehead atoms. The maximum absolute atomic E-state index is 10.8. The average molecular weight is 279 g/mol. The van der Waals surface area contributed by atoms with Gasteiger partial charge in [-0.1, -0.05) is 29.8 Å². The summed E-state index contributed by atoms with van der Waals surface area (Å²) in [6.45, 7) is 3.36. The number of aliphatic hydroxyl groups is 1. The predicted octanol–water partition coefficient (Wildman–Crippen LogP) is 0.685. The molecule has 5 heteroatoms. The van der Waals surface area contributed by atoms with E-state index in [1.54, 1.807) is 0 Å². The fourth-order valence-corrected chi connectivity index (χ4v) is 2.59. The van der Waals surface area contributed by atoms with Gasteiger partial charge in [-0.25, -0.2) is 0 Å². The summed E-state index contributed by atoms with van der Waals surface area (Å²) in [5, 5.41) is 18.6. The summed E-state index contributed by atoms with van der Waals surface area (Å²) < 4.78 is 5.78. The molecule has 0 radical (unpaired) electrons. The minimum absolute atomic E-state index is 0.0149. The second kappa shape index (κ2) is 6.35. The van der Waals surface area contributed by atoms with Crippen LogP contribution in [0.25, 0.3) is 0 Å². The van der Waals surface area contributed by atoms with E-state index in [-0.39, 0.29) is 13.2 Å². The summed E-state index contributed by atoms with van der Waals surface area (Å²) >= 11 is 0. The normalized spacial score (nSPS) is 23.7. The molecule has 0 aromatic heterocycles. The lowest BCUT2D eigenvalue weighted by atomic mass is 9.92. The fraction of sp³-hybridized carbons (Fsp3) is 0.533. The molecule has 2 rings (SSSR count). The van der Waals surface area contributed by atoms with Crippen LogP contribution < -0.4 is 0 Å². The van der Waals surface area contributed by atoms with Gasteiger partial charge in [-0.15, -0.1) is 0 Å². The number of benzene rings is 1. The summed E-state index contributed by atoms with van der Waals surface area (Å²) in [5.41, 5.74) is 1.56. The van der Waals surface area contributed by atoms with Gasteiger partial charge in [-0.3, -0.25) is 9.69 Å². The van der Waals surface area contributed by atoms with Crippen LogP contribution in [0, 0.1) is 6.92 Å². The fourth-order valence-electron chi connectivity index (χ4n) is 2.59. The molecule has 0 saturated carbocycles. The number of rotatable bonds is 5. The molecule has 2 N–H and O–H groups in total. The maximum atomic E-state index is 10.8. The van der Waals surface area contributed by atoms with Crippen molar-refractivity contribution in [3.8, 4) is 0 Å². The Bertz CT molecular complexity index is 459. The first-order valence-corrected chi connectivity index (χ1v) is 6.77. The van der Waals surface area contributed by atoms with Gasteiger partial charge < -0.3 is 14.9 Å². The standard InChI is InChI=1S/C15H21NO4/c1-12-2-4-13(5-3-12)8-15(11-17)10-16(6-7-20-15)9-14(18)19/h2-5,17H,6-11H2,1H3,(H,18,19)/t15-/m0/s1. The van der Waals surface area contributed by atoms with Crippen molar-refractivity contribution in [1.82, 2.24) is 4.90 Å². The molecule has 1 aromatic rings. The van der Waals surface area contributed by atoms with Crippen LogP contribution >= 0.6 is 0 Å². The molecule has 1 atom stereocenters. The Kier molecular flexibility index (Phi) is 4.75. The molecule has 1 saturated heterocycles. The molecule has 0 spiro atoms. The lowest BCUT2D eigenvalue weighted by Crippen LogP contribution is -2.56. The molecule has 1 aliphatic rings. The highest BCUT2D eigenvalue weighted by Gasteiger charge is 2.36. The van der Waals surface area contributed by atoms with Crippen LogP contribution in [0.4, 0.5) is 0 Å². The Balaban J connectivity index is 2.08. The molecule has 1 aliphatic heterocycles. The van der Waals surface area contributed by atoms with E-state index >= 15 is 0 Å². The van der Waals surface area contributed by atoms with E-state index in [0.717, 1.165) is 5.56 Å². The number of aliphatic hydroxyl groups excluding tert-OH is 1. The SMILES string of the molecule is Cc1ccc(C[C@@]2(CO)CN(CC(=O)O)CCO2)cc1. The number of morpholine rings is 1. The second-order valence-electron chi connectivity index (χ2n) is 5.46. The molecular weight excluding hydrogens is 258 g/mol. The zero-order chi connectivity index (χ0) is 14.6. The van der Waals surface area contributed by atoms with Crippen LogP contribution in [0.15, 0.2) is 24.3 Å². The number of nitrogens with zero attached hydrogens (tertiary/aromatic N) is 1. The number of ether oxygens (including phenoxy) is 1. The van der Waals surface area contributed by atoms with Crippen LogP contribution in [-0.2, 0) is 16.0 Å². The lowest BCUT2D eigenvalue weighted by Gasteiger charge is -2.41. The van der Waals surface area contributed by atoms with Gasteiger partial charge in [-0.05, 0) is 12.5 Å². The monoisotopic (exact) mass is 279 g/mol. The van der Waals surface area contributed by atoms with Crippen LogP contribution in [0.2, 0.25) is 0 Å². The largest absolute Gasteiger partial charge is 0.480 e. The molecule has 1 aromatic carbocycles. The van der Waals surface area contributed by atoms with Gasteiger partial charge in [0, 0.05) is 19.5 Å². The summed E-state index contributed by atoms with van der Waals surface area (Å²) in [7, 11) is 0. The highest BCUT2D eigenvalue weighted by Crippen LogP contribution is 2.23. The van der Waals surface area contributed by atoms with Gasteiger partial charge in [-0.2, -0.15) is 0 Å². The highest BCUT2D eigenvalue weighted by molar-refractivity contribution is 5.69. The minimum Gasteiger partial charge on any atom is -0.480 e. The third-order valence-corrected chi connectivity index (χ3v) is 3.62. The maximum Gasteiger partial charge on any atom is 0.317 e. The molecule has 110 valence electrons. The van der Waals surface area contributed by atoms with Crippen molar-refractivity contribution in [3.63, 3.8) is 0 Å². The van der Waals surface area contributed by atoms with E-state index in [2.05, 4.69) is 0 Å². The van der Waals surface area contributed by atoms with Crippen molar-refractivity contribution < 1.29 is 19.7 Å². The number of carboxylic acid groups (broad SMARTS) is 1. The van der Waals surface area contributed by atoms with E-state index in [1.165, 1.54) is 5.56 Å². The number of aliphatic carboxylic acids is 1. The first-order chi connectivity index (χ1) is 9.53. The van der Waals surface area contributed by atoms with Crippen LogP contribution in [0.5, 0.6) is 0 Å². The average Bonchev–Trinajstić information content (AvgIpc) is 2.41. The molecule has 5 nitrogen and oxygen atoms in total. The van der Waals surface area contributed by atoms with Gasteiger partial charge in [0.2, 0.25) is 0 Å². The molecule has 0 amide bonds. The summed E-state index contributed by atoms with van der Waals surface area (Å²) in [6.07, 6.45) is 0.583. The van der Waals surface area contributed by atoms with Crippen LogP contribution in [0.3, 0.4) is 0 Å². The van der Waals surface area contributed by atoms with E-state index < -0.39 is 11.6 Å². The molecular formula is C15H21NO4. The Morgan fingerprint density at radius 3 is 2.70 bits per heavy atom. The lowest BCUT2D eigenvalue weighted by molar-refractivity contribution is -0.150. The molecule has 0 aliphatic carbocycles. The minimum atomic E-state index is -0.853. The summed E-state index contributed by atoms with van der Waals surface area (Å²) in [5.74, 6) is -0.853.